The number of rotatable bonds is 0. The van der Waals surface area contributed by atoms with Gasteiger partial charge in [-0.3, -0.25) is 0 Å². The second kappa shape index (κ2) is 1.23. The lowest BCUT2D eigenvalue weighted by Crippen LogP contribution is -2.25. The Morgan fingerprint density at radius 2 is 2.00 bits per heavy atom. The fourth-order valence-electron chi connectivity index (χ4n) is 0.701. The topological polar surface area (TPSA) is 20.2 Å². The first-order chi connectivity index (χ1) is 2.79. The van der Waals surface area contributed by atoms with Gasteiger partial charge in [0, 0.05) is 6.10 Å². The van der Waals surface area contributed by atoms with Gasteiger partial charge < -0.3 is 12.0 Å². The van der Waals surface area contributed by atoms with E-state index in [1.807, 2.05) is 0 Å². The van der Waals surface area contributed by atoms with E-state index in [0.717, 1.165) is 12.8 Å². The molecule has 0 radical (unpaired) electrons. The van der Waals surface area contributed by atoms with Crippen LogP contribution in [0.15, 0.2) is 0 Å². The van der Waals surface area contributed by atoms with Crippen LogP contribution in [-0.4, -0.2) is 11.2 Å². The van der Waals surface area contributed by atoms with Gasteiger partial charge in [0.2, 0.25) is 0 Å². The normalized spacial score (nSPS) is 45.0. The zero-order chi connectivity index (χ0) is 4.57. The summed E-state index contributed by atoms with van der Waals surface area (Å²) in [5, 5.41) is 8.58. The molecule has 1 nitrogen and oxygen atoms in total. The maximum atomic E-state index is 8.58. The van der Waals surface area contributed by atoms with Crippen molar-refractivity contribution in [1.82, 2.24) is 0 Å². The van der Waals surface area contributed by atoms with Crippen LogP contribution in [0.1, 0.15) is 12.8 Å². The smallest absolute Gasteiger partial charge is 0.0496 e. The van der Waals surface area contributed by atoms with Crippen molar-refractivity contribution in [3.8, 4) is 0 Å². The molecule has 0 saturated heterocycles. The molecular formula is C5H9O-. The van der Waals surface area contributed by atoms with Crippen LogP contribution in [0.4, 0.5) is 0 Å². The summed E-state index contributed by atoms with van der Waals surface area (Å²) in [4.78, 5) is 0. The van der Waals surface area contributed by atoms with Crippen molar-refractivity contribution < 1.29 is 5.11 Å². The summed E-state index contributed by atoms with van der Waals surface area (Å²) in [6, 6.07) is 0. The van der Waals surface area contributed by atoms with E-state index < -0.39 is 0 Å². The SMILES string of the molecule is [CH2-]C1CC(O)C1. The van der Waals surface area contributed by atoms with Crippen LogP contribution >= 0.6 is 0 Å². The van der Waals surface area contributed by atoms with E-state index in [0.29, 0.717) is 5.92 Å². The molecule has 6 heavy (non-hydrogen) atoms. The Morgan fingerprint density at radius 3 is 2.00 bits per heavy atom. The van der Waals surface area contributed by atoms with E-state index in [-0.39, 0.29) is 6.10 Å². The molecule has 36 valence electrons. The van der Waals surface area contributed by atoms with Crippen LogP contribution in [0.25, 0.3) is 0 Å². The van der Waals surface area contributed by atoms with Gasteiger partial charge in [0.05, 0.1) is 0 Å². The maximum absolute atomic E-state index is 8.58. The Balaban J connectivity index is 2.11. The monoisotopic (exact) mass is 85.1 g/mol. The molecule has 0 heterocycles. The van der Waals surface area contributed by atoms with Crippen molar-refractivity contribution in [3.05, 3.63) is 6.92 Å². The predicted octanol–water partition coefficient (Wildman–Crippen LogP) is 0.591. The van der Waals surface area contributed by atoms with Crippen LogP contribution in [0, 0.1) is 12.8 Å². The molecule has 0 amide bonds. The van der Waals surface area contributed by atoms with Crippen molar-refractivity contribution in [3.63, 3.8) is 0 Å². The van der Waals surface area contributed by atoms with E-state index >= 15 is 0 Å². The molecule has 0 unspecified atom stereocenters. The first-order valence-electron chi connectivity index (χ1n) is 2.30. The third-order valence-corrected chi connectivity index (χ3v) is 1.21. The molecule has 1 aliphatic carbocycles. The highest BCUT2D eigenvalue weighted by Gasteiger charge is 2.16. The fraction of sp³-hybridized carbons (Fsp3) is 0.800. The van der Waals surface area contributed by atoms with Gasteiger partial charge in [0.25, 0.3) is 0 Å². The molecule has 1 saturated carbocycles. The van der Waals surface area contributed by atoms with Crippen LogP contribution in [0.5, 0.6) is 0 Å². The van der Waals surface area contributed by atoms with Crippen LogP contribution in [0.2, 0.25) is 0 Å². The molecule has 1 rings (SSSR count). The van der Waals surface area contributed by atoms with Gasteiger partial charge in [-0.05, 0) is 0 Å². The van der Waals surface area contributed by atoms with Gasteiger partial charge in [-0.25, -0.2) is 0 Å². The third kappa shape index (κ3) is 0.548. The second-order valence-corrected chi connectivity index (χ2v) is 1.99. The second-order valence-electron chi connectivity index (χ2n) is 1.99. The summed E-state index contributed by atoms with van der Waals surface area (Å²) in [7, 11) is 0. The fourth-order valence-corrected chi connectivity index (χ4v) is 0.701. The number of aliphatic hydroxyl groups is 1. The van der Waals surface area contributed by atoms with Gasteiger partial charge >= 0.3 is 0 Å². The van der Waals surface area contributed by atoms with E-state index in [1.165, 1.54) is 0 Å². The van der Waals surface area contributed by atoms with E-state index in [4.69, 9.17) is 5.11 Å². The highest BCUT2D eigenvalue weighted by molar-refractivity contribution is 4.79. The molecule has 1 aliphatic rings. The number of hydrogen-bond acceptors (Lipinski definition) is 1. The molecule has 0 aromatic heterocycles. The van der Waals surface area contributed by atoms with Crippen molar-refractivity contribution in [2.45, 2.75) is 18.9 Å². The lowest BCUT2D eigenvalue weighted by molar-refractivity contribution is 0.0618. The maximum Gasteiger partial charge on any atom is 0.0496 e. The zero-order valence-electron chi connectivity index (χ0n) is 3.72. The van der Waals surface area contributed by atoms with Gasteiger partial charge in [-0.15, -0.1) is 0 Å². The summed E-state index contributed by atoms with van der Waals surface area (Å²) in [5.41, 5.74) is 0. The lowest BCUT2D eigenvalue weighted by atomic mass is 9.84. The highest BCUT2D eigenvalue weighted by Crippen LogP contribution is 2.24. The Labute approximate surface area is 38.0 Å². The van der Waals surface area contributed by atoms with Crippen molar-refractivity contribution >= 4 is 0 Å². The van der Waals surface area contributed by atoms with Crippen molar-refractivity contribution in [2.24, 2.45) is 5.92 Å². The number of aliphatic hydroxyl groups excluding tert-OH is 1. The van der Waals surface area contributed by atoms with Gasteiger partial charge in [0.15, 0.2) is 0 Å². The first-order valence-corrected chi connectivity index (χ1v) is 2.30. The molecule has 1 fully saturated rings. The molecule has 0 bridgehead atoms. The predicted molar refractivity (Wildman–Crippen MR) is 24.1 cm³/mol. The summed E-state index contributed by atoms with van der Waals surface area (Å²) >= 11 is 0. The quantitative estimate of drug-likeness (QED) is 0.427. The summed E-state index contributed by atoms with van der Waals surface area (Å²) in [5.74, 6) is 0.542. The van der Waals surface area contributed by atoms with E-state index in [1.54, 1.807) is 0 Å². The van der Waals surface area contributed by atoms with E-state index in [9.17, 15) is 0 Å². The minimum atomic E-state index is -0.0208. The van der Waals surface area contributed by atoms with Crippen LogP contribution in [-0.2, 0) is 0 Å². The molecule has 0 aromatic rings. The minimum Gasteiger partial charge on any atom is -0.393 e. The largest absolute Gasteiger partial charge is 0.393 e. The Kier molecular flexibility index (Phi) is 0.845. The average molecular weight is 85.1 g/mol. The van der Waals surface area contributed by atoms with Crippen LogP contribution < -0.4 is 0 Å². The highest BCUT2D eigenvalue weighted by atomic mass is 16.3. The Hall–Kier alpha value is -0.0400. The first kappa shape index (κ1) is 4.13. The third-order valence-electron chi connectivity index (χ3n) is 1.21. The molecule has 0 aliphatic heterocycles. The molecule has 1 N–H and O–H groups in total. The van der Waals surface area contributed by atoms with Crippen molar-refractivity contribution in [1.29, 1.82) is 0 Å². The molecule has 0 spiro atoms. The molecule has 0 atom stereocenters. The average Bonchev–Trinajstić information content (AvgIpc) is 1.33. The minimum absolute atomic E-state index is 0.0208. The molecular weight excluding hydrogens is 76.1 g/mol. The summed E-state index contributed by atoms with van der Waals surface area (Å²) in [6.07, 6.45) is 1.81. The molecule has 0 aromatic carbocycles. The van der Waals surface area contributed by atoms with Crippen molar-refractivity contribution in [2.75, 3.05) is 0 Å². The lowest BCUT2D eigenvalue weighted by Gasteiger charge is -2.33. The zero-order valence-corrected chi connectivity index (χ0v) is 3.72. The van der Waals surface area contributed by atoms with Gasteiger partial charge in [0.1, 0.15) is 0 Å². The van der Waals surface area contributed by atoms with Crippen LogP contribution in [0.3, 0.4) is 0 Å². The Bertz CT molecular complexity index is 39.9. The van der Waals surface area contributed by atoms with E-state index in [2.05, 4.69) is 6.92 Å². The summed E-state index contributed by atoms with van der Waals surface area (Å²) in [6.45, 7) is 3.73. The summed E-state index contributed by atoms with van der Waals surface area (Å²) < 4.78 is 0. The van der Waals surface area contributed by atoms with Gasteiger partial charge in [-0.2, -0.15) is 5.92 Å². The van der Waals surface area contributed by atoms with Gasteiger partial charge in [-0.1, -0.05) is 12.8 Å². The number of hydrogen-bond donors (Lipinski definition) is 1. The standard InChI is InChI=1S/C5H9O/c1-4-2-5(6)3-4/h4-6H,1-3H2/q-1. The molecule has 1 heteroatoms. The Morgan fingerprint density at radius 1 is 1.50 bits per heavy atom.